The van der Waals surface area contributed by atoms with Gasteiger partial charge in [-0.1, -0.05) is 0 Å². The molecule has 2 aromatic rings. The maximum absolute atomic E-state index is 5.40. The minimum absolute atomic E-state index is 0. The third-order valence-corrected chi connectivity index (χ3v) is 3.05. The van der Waals surface area contributed by atoms with Crippen LogP contribution in [-0.2, 0) is 0 Å². The molecule has 0 atom stereocenters. The van der Waals surface area contributed by atoms with Crippen LogP contribution in [0.4, 0.5) is 11.4 Å². The number of ether oxygens (including phenoxy) is 2. The average molecular weight is 481 g/mol. The van der Waals surface area contributed by atoms with E-state index in [1.807, 2.05) is 62.4 Å². The van der Waals surface area contributed by atoms with Gasteiger partial charge in [-0.3, -0.25) is 0 Å². The zero-order chi connectivity index (χ0) is 15.8. The van der Waals surface area contributed by atoms with E-state index in [0.717, 1.165) is 22.9 Å². The van der Waals surface area contributed by atoms with Crippen LogP contribution in [0.15, 0.2) is 48.5 Å². The van der Waals surface area contributed by atoms with Gasteiger partial charge in [0.25, 0.3) is 0 Å². The number of anilines is 2. The van der Waals surface area contributed by atoms with E-state index in [0.29, 0.717) is 18.3 Å². The minimum atomic E-state index is 0. The zero-order valence-electron chi connectivity index (χ0n) is 13.1. The van der Waals surface area contributed by atoms with Gasteiger partial charge in [0.2, 0.25) is 0 Å². The molecule has 0 aromatic heterocycles. The summed E-state index contributed by atoms with van der Waals surface area (Å²) in [6.45, 7) is 5.24. The van der Waals surface area contributed by atoms with E-state index in [9.17, 15) is 0 Å². The van der Waals surface area contributed by atoms with Gasteiger partial charge < -0.3 is 20.1 Å². The van der Waals surface area contributed by atoms with Crippen molar-refractivity contribution in [2.75, 3.05) is 23.8 Å². The molecular weight excluding hydrogens is 461 g/mol. The largest absolute Gasteiger partial charge is 0.494 e. The summed E-state index contributed by atoms with van der Waals surface area (Å²) in [7, 11) is 0. The Morgan fingerprint density at radius 1 is 0.783 bits per heavy atom. The third-order valence-electron chi connectivity index (χ3n) is 2.85. The van der Waals surface area contributed by atoms with Gasteiger partial charge in [0.1, 0.15) is 11.5 Å². The summed E-state index contributed by atoms with van der Waals surface area (Å²) >= 11 is 5.30. The van der Waals surface area contributed by atoms with Crippen molar-refractivity contribution >= 4 is 28.7 Å². The van der Waals surface area contributed by atoms with E-state index >= 15 is 0 Å². The quantitative estimate of drug-likeness (QED) is 0.476. The fourth-order valence-corrected chi connectivity index (χ4v) is 2.13. The summed E-state index contributed by atoms with van der Waals surface area (Å²) in [5, 5.41) is 6.80. The smallest absolute Gasteiger partial charge is 0.175 e. The molecule has 0 bridgehead atoms. The number of hydrogen-bond acceptors (Lipinski definition) is 3. The molecule has 0 saturated heterocycles. The Hall–Kier alpha value is -1.01. The first-order chi connectivity index (χ1) is 10.7. The first kappa shape index (κ1) is 20.0. The minimum Gasteiger partial charge on any atom is -0.494 e. The number of benzene rings is 2. The molecule has 23 heavy (non-hydrogen) atoms. The summed E-state index contributed by atoms with van der Waals surface area (Å²) in [5.41, 5.74) is 1.82. The summed E-state index contributed by atoms with van der Waals surface area (Å²) < 4.78 is 10.8. The van der Waals surface area contributed by atoms with Crippen molar-refractivity contribution in [3.63, 3.8) is 0 Å². The van der Waals surface area contributed by atoms with E-state index in [1.54, 1.807) is 0 Å². The van der Waals surface area contributed by atoms with Crippen molar-refractivity contribution in [2.24, 2.45) is 0 Å². The molecule has 4 nitrogen and oxygen atoms in total. The fourth-order valence-electron chi connectivity index (χ4n) is 1.90. The molecule has 0 saturated carbocycles. The Labute approximate surface area is 172 Å². The molecule has 127 valence electrons. The van der Waals surface area contributed by atoms with Gasteiger partial charge in [-0.25, -0.2) is 0 Å². The van der Waals surface area contributed by atoms with Crippen LogP contribution >= 0.6 is 12.2 Å². The number of thiocarbonyl (C=S) groups is 1. The van der Waals surface area contributed by atoms with Crippen LogP contribution in [0.2, 0.25) is 0 Å². The molecule has 0 aliphatic heterocycles. The van der Waals surface area contributed by atoms with Crippen molar-refractivity contribution in [3.8, 4) is 11.5 Å². The summed E-state index contributed by atoms with van der Waals surface area (Å²) in [6, 6.07) is 15.3. The molecular formula is C17H20HoN2O2S. The van der Waals surface area contributed by atoms with Crippen LogP contribution in [0.25, 0.3) is 0 Å². The van der Waals surface area contributed by atoms with Gasteiger partial charge in [0.05, 0.1) is 13.2 Å². The molecule has 2 aromatic carbocycles. The SMILES string of the molecule is CCOc1ccc(NC(=S)Nc2ccc(OCC)cc2)cc1.[Ho]. The molecule has 0 amide bonds. The van der Waals surface area contributed by atoms with Crippen molar-refractivity contribution < 1.29 is 47.2 Å². The van der Waals surface area contributed by atoms with Crippen LogP contribution in [0.3, 0.4) is 0 Å². The van der Waals surface area contributed by atoms with Gasteiger partial charge in [-0.2, -0.15) is 0 Å². The van der Waals surface area contributed by atoms with E-state index in [4.69, 9.17) is 21.7 Å². The molecule has 2 N–H and O–H groups in total. The zero-order valence-corrected chi connectivity index (χ0v) is 15.8. The van der Waals surface area contributed by atoms with Crippen molar-refractivity contribution in [2.45, 2.75) is 13.8 Å². The molecule has 0 aliphatic rings. The molecule has 0 aliphatic carbocycles. The van der Waals surface area contributed by atoms with Crippen LogP contribution in [0, 0.1) is 37.7 Å². The Kier molecular flexibility index (Phi) is 9.33. The normalized spacial score (nSPS) is 9.48. The second-order valence-corrected chi connectivity index (χ2v) is 4.90. The fraction of sp³-hybridized carbons (Fsp3) is 0.235. The molecule has 0 heterocycles. The first-order valence-electron chi connectivity index (χ1n) is 7.25. The molecule has 0 fully saturated rings. The number of nitrogens with one attached hydrogen (secondary N) is 2. The van der Waals surface area contributed by atoms with Gasteiger partial charge in [-0.05, 0) is 74.6 Å². The van der Waals surface area contributed by atoms with E-state index < -0.39 is 0 Å². The summed E-state index contributed by atoms with van der Waals surface area (Å²) in [5.74, 6) is 1.69. The first-order valence-corrected chi connectivity index (χ1v) is 7.65. The Morgan fingerprint density at radius 3 is 1.43 bits per heavy atom. The van der Waals surface area contributed by atoms with Gasteiger partial charge in [-0.15, -0.1) is 0 Å². The van der Waals surface area contributed by atoms with Crippen molar-refractivity contribution in [1.82, 2.24) is 0 Å². The topological polar surface area (TPSA) is 42.5 Å². The predicted molar refractivity (Wildman–Crippen MR) is 95.1 cm³/mol. The van der Waals surface area contributed by atoms with Crippen LogP contribution in [-0.4, -0.2) is 18.3 Å². The third kappa shape index (κ3) is 6.95. The van der Waals surface area contributed by atoms with E-state index in [-0.39, 0.29) is 37.7 Å². The van der Waals surface area contributed by atoms with Gasteiger partial charge in [0, 0.05) is 49.1 Å². The molecule has 0 unspecified atom stereocenters. The summed E-state index contributed by atoms with van der Waals surface area (Å²) in [4.78, 5) is 0. The van der Waals surface area contributed by atoms with Crippen molar-refractivity contribution in [3.05, 3.63) is 48.5 Å². The Balaban J connectivity index is 0.00000264. The molecule has 6 heteroatoms. The van der Waals surface area contributed by atoms with E-state index in [1.165, 1.54) is 0 Å². The second-order valence-electron chi connectivity index (χ2n) is 4.49. The Morgan fingerprint density at radius 2 is 1.13 bits per heavy atom. The van der Waals surface area contributed by atoms with E-state index in [2.05, 4.69) is 10.6 Å². The second kappa shape index (κ2) is 10.7. The monoisotopic (exact) mass is 481 g/mol. The molecule has 0 spiro atoms. The standard InChI is InChI=1S/C17H20N2O2S.Ho/c1-3-20-15-9-5-13(6-10-15)18-17(22)19-14-7-11-16(12-8-14)21-4-2;/h5-12H,3-4H2,1-2H3,(H2,18,19,22);. The Bertz CT molecular complexity index is 549. The molecule has 2 rings (SSSR count). The van der Waals surface area contributed by atoms with Crippen molar-refractivity contribution in [1.29, 1.82) is 0 Å². The van der Waals surface area contributed by atoms with Gasteiger partial charge >= 0.3 is 0 Å². The van der Waals surface area contributed by atoms with Gasteiger partial charge in [0.15, 0.2) is 5.11 Å². The number of rotatable bonds is 6. The summed E-state index contributed by atoms with van der Waals surface area (Å²) in [6.07, 6.45) is 0. The maximum atomic E-state index is 5.40. The number of hydrogen-bond donors (Lipinski definition) is 2. The average Bonchev–Trinajstić information content (AvgIpc) is 2.52. The van der Waals surface area contributed by atoms with Crippen LogP contribution in [0.5, 0.6) is 11.5 Å². The van der Waals surface area contributed by atoms with Crippen LogP contribution < -0.4 is 20.1 Å². The predicted octanol–water partition coefficient (Wildman–Crippen LogP) is 4.29. The van der Waals surface area contributed by atoms with Crippen LogP contribution in [0.1, 0.15) is 13.8 Å². The maximum Gasteiger partial charge on any atom is 0.175 e. The molecule has 1 radical (unpaired) electrons.